The quantitative estimate of drug-likeness (QED) is 0.554. The van der Waals surface area contributed by atoms with Crippen LogP contribution in [0.5, 0.6) is 0 Å². The number of nitrogens with one attached hydrogen (secondary N) is 1. The molecule has 18 heavy (non-hydrogen) atoms. The number of carbonyl (C=O) groups is 2. The number of rotatable bonds is 10. The monoisotopic (exact) mass is 258 g/mol. The molecule has 0 saturated carbocycles. The van der Waals surface area contributed by atoms with Crippen LogP contribution in [0.4, 0.5) is 0 Å². The molecule has 4 N–H and O–H groups in total. The zero-order valence-corrected chi connectivity index (χ0v) is 11.4. The predicted molar refractivity (Wildman–Crippen MR) is 71.2 cm³/mol. The molecule has 0 fully saturated rings. The Balaban J connectivity index is 3.72. The number of carbonyl (C=O) groups excluding carboxylic acids is 1. The molecule has 0 aliphatic rings. The molecule has 0 aliphatic heterocycles. The fraction of sp³-hybridized carbons (Fsp3) is 0.846. The molecule has 5 heteroatoms. The maximum atomic E-state index is 11.5. The lowest BCUT2D eigenvalue weighted by Crippen LogP contribution is -2.32. The number of nitrogens with two attached hydrogens (primary N) is 1. The highest BCUT2D eigenvalue weighted by Gasteiger charge is 2.11. The van der Waals surface area contributed by atoms with Gasteiger partial charge in [-0.15, -0.1) is 0 Å². The summed E-state index contributed by atoms with van der Waals surface area (Å²) in [7, 11) is 0. The standard InChI is InChI=1S/C13H26N2O3/c1-3-10(5-6-13(17)18)7-8-15-12(16)9-11(14)4-2/h10-11H,3-9,14H2,1-2H3,(H,15,16)(H,17,18). The van der Waals surface area contributed by atoms with Crippen LogP contribution in [-0.2, 0) is 9.59 Å². The van der Waals surface area contributed by atoms with E-state index in [2.05, 4.69) is 5.32 Å². The molecule has 0 aromatic heterocycles. The van der Waals surface area contributed by atoms with E-state index in [1.165, 1.54) is 0 Å². The summed E-state index contributed by atoms with van der Waals surface area (Å²) in [5.74, 6) is -0.412. The van der Waals surface area contributed by atoms with Gasteiger partial charge in [0.25, 0.3) is 0 Å². The molecular formula is C13H26N2O3. The van der Waals surface area contributed by atoms with Crippen molar-refractivity contribution in [3.8, 4) is 0 Å². The van der Waals surface area contributed by atoms with Gasteiger partial charge in [-0.05, 0) is 25.2 Å². The smallest absolute Gasteiger partial charge is 0.303 e. The molecule has 0 radical (unpaired) electrons. The van der Waals surface area contributed by atoms with Gasteiger partial charge in [0.15, 0.2) is 0 Å². The Kier molecular flexibility index (Phi) is 9.28. The SMILES string of the molecule is CCC(N)CC(=O)NCCC(CC)CCC(=O)O. The summed E-state index contributed by atoms with van der Waals surface area (Å²) >= 11 is 0. The minimum absolute atomic E-state index is 0.0163. The first-order valence-electron chi connectivity index (χ1n) is 6.73. The van der Waals surface area contributed by atoms with E-state index in [9.17, 15) is 9.59 Å². The van der Waals surface area contributed by atoms with Crippen LogP contribution >= 0.6 is 0 Å². The molecule has 0 spiro atoms. The molecule has 0 bridgehead atoms. The number of hydrogen-bond acceptors (Lipinski definition) is 3. The maximum Gasteiger partial charge on any atom is 0.303 e. The molecule has 0 aromatic rings. The van der Waals surface area contributed by atoms with Gasteiger partial charge in [0, 0.05) is 25.4 Å². The summed E-state index contributed by atoms with van der Waals surface area (Å²) in [5, 5.41) is 11.4. The first-order chi connectivity index (χ1) is 8.49. The fourth-order valence-corrected chi connectivity index (χ4v) is 1.75. The third-order valence-corrected chi connectivity index (χ3v) is 3.19. The van der Waals surface area contributed by atoms with Crippen molar-refractivity contribution < 1.29 is 14.7 Å². The maximum absolute atomic E-state index is 11.5. The third kappa shape index (κ3) is 8.98. The van der Waals surface area contributed by atoms with E-state index < -0.39 is 5.97 Å². The Morgan fingerprint density at radius 2 is 1.89 bits per heavy atom. The van der Waals surface area contributed by atoms with Crippen molar-refractivity contribution in [1.29, 1.82) is 0 Å². The summed E-state index contributed by atoms with van der Waals surface area (Å²) in [4.78, 5) is 21.9. The summed E-state index contributed by atoms with van der Waals surface area (Å²) in [6.45, 7) is 4.60. The topological polar surface area (TPSA) is 92.4 Å². The molecule has 0 heterocycles. The van der Waals surface area contributed by atoms with Gasteiger partial charge in [0.05, 0.1) is 0 Å². The molecule has 106 valence electrons. The van der Waals surface area contributed by atoms with E-state index in [1.807, 2.05) is 13.8 Å². The largest absolute Gasteiger partial charge is 0.481 e. The highest BCUT2D eigenvalue weighted by molar-refractivity contribution is 5.76. The van der Waals surface area contributed by atoms with Gasteiger partial charge in [-0.3, -0.25) is 9.59 Å². The molecule has 0 rings (SSSR count). The molecule has 0 saturated heterocycles. The van der Waals surface area contributed by atoms with Crippen LogP contribution < -0.4 is 11.1 Å². The van der Waals surface area contributed by atoms with E-state index >= 15 is 0 Å². The Morgan fingerprint density at radius 1 is 1.22 bits per heavy atom. The number of hydrogen-bond donors (Lipinski definition) is 3. The van der Waals surface area contributed by atoms with Crippen LogP contribution in [0.3, 0.4) is 0 Å². The number of carboxylic acids is 1. The van der Waals surface area contributed by atoms with Gasteiger partial charge in [0.1, 0.15) is 0 Å². The van der Waals surface area contributed by atoms with Gasteiger partial charge >= 0.3 is 5.97 Å². The van der Waals surface area contributed by atoms with Crippen molar-refractivity contribution in [2.24, 2.45) is 11.7 Å². The Labute approximate surface area is 109 Å². The van der Waals surface area contributed by atoms with Gasteiger partial charge in [-0.1, -0.05) is 20.3 Å². The average molecular weight is 258 g/mol. The third-order valence-electron chi connectivity index (χ3n) is 3.19. The molecular weight excluding hydrogens is 232 g/mol. The first kappa shape index (κ1) is 16.9. The van der Waals surface area contributed by atoms with Crippen LogP contribution in [0, 0.1) is 5.92 Å². The lowest BCUT2D eigenvalue weighted by Gasteiger charge is -2.14. The minimum atomic E-state index is -0.758. The van der Waals surface area contributed by atoms with Gasteiger partial charge in [-0.2, -0.15) is 0 Å². The van der Waals surface area contributed by atoms with E-state index in [4.69, 9.17) is 10.8 Å². The van der Waals surface area contributed by atoms with Crippen molar-refractivity contribution in [2.45, 2.75) is 58.4 Å². The molecule has 0 aliphatic carbocycles. The van der Waals surface area contributed by atoms with E-state index in [0.29, 0.717) is 25.3 Å². The van der Waals surface area contributed by atoms with Crippen LogP contribution in [0.1, 0.15) is 52.4 Å². The second-order valence-electron chi connectivity index (χ2n) is 4.72. The highest BCUT2D eigenvalue weighted by atomic mass is 16.4. The van der Waals surface area contributed by atoms with Gasteiger partial charge < -0.3 is 16.2 Å². The van der Waals surface area contributed by atoms with Crippen molar-refractivity contribution in [2.75, 3.05) is 6.54 Å². The van der Waals surface area contributed by atoms with Crippen molar-refractivity contribution in [1.82, 2.24) is 5.32 Å². The Hall–Kier alpha value is -1.10. The summed E-state index contributed by atoms with van der Waals surface area (Å²) in [5.41, 5.74) is 5.69. The molecule has 0 aromatic carbocycles. The number of aliphatic carboxylic acids is 1. The summed E-state index contributed by atoms with van der Waals surface area (Å²) in [6, 6.07) is -0.0704. The van der Waals surface area contributed by atoms with Crippen molar-refractivity contribution >= 4 is 11.9 Å². The Morgan fingerprint density at radius 3 is 2.39 bits per heavy atom. The van der Waals surface area contributed by atoms with Crippen molar-refractivity contribution in [3.05, 3.63) is 0 Å². The Bertz CT molecular complexity index is 257. The van der Waals surface area contributed by atoms with E-state index in [1.54, 1.807) is 0 Å². The summed E-state index contributed by atoms with van der Waals surface area (Å²) in [6.07, 6.45) is 3.81. The summed E-state index contributed by atoms with van der Waals surface area (Å²) < 4.78 is 0. The fourth-order valence-electron chi connectivity index (χ4n) is 1.75. The van der Waals surface area contributed by atoms with Gasteiger partial charge in [0.2, 0.25) is 5.91 Å². The first-order valence-corrected chi connectivity index (χ1v) is 6.73. The minimum Gasteiger partial charge on any atom is -0.481 e. The predicted octanol–water partition coefficient (Wildman–Crippen LogP) is 1.51. The average Bonchev–Trinajstić information content (AvgIpc) is 2.32. The number of amides is 1. The zero-order valence-electron chi connectivity index (χ0n) is 11.4. The van der Waals surface area contributed by atoms with Crippen LogP contribution in [0.15, 0.2) is 0 Å². The lowest BCUT2D eigenvalue weighted by molar-refractivity contribution is -0.137. The number of carboxylic acid groups (broad SMARTS) is 1. The van der Waals surface area contributed by atoms with Crippen LogP contribution in [0.25, 0.3) is 0 Å². The molecule has 1 amide bonds. The van der Waals surface area contributed by atoms with Crippen molar-refractivity contribution in [3.63, 3.8) is 0 Å². The van der Waals surface area contributed by atoms with E-state index in [-0.39, 0.29) is 18.4 Å². The highest BCUT2D eigenvalue weighted by Crippen LogP contribution is 2.14. The second kappa shape index (κ2) is 9.88. The van der Waals surface area contributed by atoms with E-state index in [0.717, 1.165) is 19.3 Å². The zero-order chi connectivity index (χ0) is 14.0. The van der Waals surface area contributed by atoms with Gasteiger partial charge in [-0.25, -0.2) is 0 Å². The lowest BCUT2D eigenvalue weighted by atomic mass is 9.96. The molecule has 2 atom stereocenters. The molecule has 2 unspecified atom stereocenters. The second-order valence-corrected chi connectivity index (χ2v) is 4.72. The molecule has 5 nitrogen and oxygen atoms in total. The van der Waals surface area contributed by atoms with Crippen LogP contribution in [-0.4, -0.2) is 29.6 Å². The normalized spacial score (nSPS) is 13.9. The van der Waals surface area contributed by atoms with Crippen LogP contribution in [0.2, 0.25) is 0 Å².